The Labute approximate surface area is 156 Å². The number of carbonyl (C=O) groups is 1. The highest BCUT2D eigenvalue weighted by molar-refractivity contribution is 6.30. The zero-order chi connectivity index (χ0) is 18.4. The van der Waals surface area contributed by atoms with E-state index in [-0.39, 0.29) is 12.6 Å². The molecule has 1 aromatic carbocycles. The monoisotopic (exact) mass is 373 g/mol. The number of halogens is 1. The number of hydrogen-bond donors (Lipinski definition) is 1. The molecule has 0 aliphatic rings. The van der Waals surface area contributed by atoms with Crippen molar-refractivity contribution < 1.29 is 9.53 Å². The van der Waals surface area contributed by atoms with Crippen molar-refractivity contribution in [1.29, 1.82) is 0 Å². The maximum Gasteiger partial charge on any atom is 0.271 e. The standard InChI is InChI=1S/C18H20ClN5O2/c1-14-6-9-21-24(14)10-3-8-20-18(25)17-7-11-23(22-17)13-26-16-5-2-4-15(19)12-16/h2,4-7,9,11-12H,3,8,10,13H2,1H3,(H,20,25). The van der Waals surface area contributed by atoms with Crippen LogP contribution in [0, 0.1) is 6.92 Å². The number of carbonyl (C=O) groups excluding carboxylic acids is 1. The summed E-state index contributed by atoms with van der Waals surface area (Å²) in [5.74, 6) is 0.441. The predicted molar refractivity (Wildman–Crippen MR) is 98.2 cm³/mol. The fraction of sp³-hybridized carbons (Fsp3) is 0.278. The van der Waals surface area contributed by atoms with Gasteiger partial charge in [0.05, 0.1) is 0 Å². The van der Waals surface area contributed by atoms with Crippen LogP contribution in [0.3, 0.4) is 0 Å². The molecule has 0 unspecified atom stereocenters. The number of rotatable bonds is 8. The molecule has 2 heterocycles. The van der Waals surface area contributed by atoms with Crippen LogP contribution in [-0.4, -0.2) is 32.0 Å². The number of aromatic nitrogens is 4. The molecule has 136 valence electrons. The molecule has 26 heavy (non-hydrogen) atoms. The lowest BCUT2D eigenvalue weighted by Gasteiger charge is -2.07. The van der Waals surface area contributed by atoms with Crippen molar-refractivity contribution in [2.45, 2.75) is 26.6 Å². The molecule has 0 saturated heterocycles. The molecule has 3 rings (SSSR count). The minimum atomic E-state index is -0.205. The number of ether oxygens (including phenoxy) is 1. The lowest BCUT2D eigenvalue weighted by molar-refractivity contribution is 0.0945. The molecule has 0 aliphatic carbocycles. The molecular formula is C18H20ClN5O2. The highest BCUT2D eigenvalue weighted by Crippen LogP contribution is 2.17. The van der Waals surface area contributed by atoms with Crippen LogP contribution < -0.4 is 10.1 Å². The first-order valence-electron chi connectivity index (χ1n) is 8.30. The van der Waals surface area contributed by atoms with E-state index in [2.05, 4.69) is 15.5 Å². The van der Waals surface area contributed by atoms with Crippen LogP contribution in [0.5, 0.6) is 5.75 Å². The van der Waals surface area contributed by atoms with Gasteiger partial charge >= 0.3 is 0 Å². The molecule has 0 aliphatic heterocycles. The van der Waals surface area contributed by atoms with Gasteiger partial charge in [0.25, 0.3) is 5.91 Å². The predicted octanol–water partition coefficient (Wildman–Crippen LogP) is 2.90. The van der Waals surface area contributed by atoms with Gasteiger partial charge in [-0.3, -0.25) is 9.48 Å². The third-order valence-corrected chi connectivity index (χ3v) is 4.03. The second-order valence-corrected chi connectivity index (χ2v) is 6.21. The van der Waals surface area contributed by atoms with Crippen molar-refractivity contribution in [1.82, 2.24) is 24.9 Å². The summed E-state index contributed by atoms with van der Waals surface area (Å²) in [6, 6.07) is 10.7. The van der Waals surface area contributed by atoms with Gasteiger partial charge in [0, 0.05) is 36.2 Å². The smallest absolute Gasteiger partial charge is 0.271 e. The van der Waals surface area contributed by atoms with Crippen molar-refractivity contribution in [3.63, 3.8) is 0 Å². The molecule has 3 aromatic rings. The Bertz CT molecular complexity index is 874. The van der Waals surface area contributed by atoms with Gasteiger partial charge in [0.1, 0.15) is 11.4 Å². The number of benzene rings is 1. The van der Waals surface area contributed by atoms with Gasteiger partial charge in [0.15, 0.2) is 6.73 Å². The topological polar surface area (TPSA) is 74.0 Å². The first-order chi connectivity index (χ1) is 12.6. The Morgan fingerprint density at radius 1 is 1.31 bits per heavy atom. The van der Waals surface area contributed by atoms with Crippen molar-refractivity contribution in [2.75, 3.05) is 6.54 Å². The third kappa shape index (κ3) is 4.86. The highest BCUT2D eigenvalue weighted by atomic mass is 35.5. The van der Waals surface area contributed by atoms with Gasteiger partial charge in [-0.1, -0.05) is 17.7 Å². The van der Waals surface area contributed by atoms with E-state index in [0.717, 1.165) is 18.7 Å². The SMILES string of the molecule is Cc1ccnn1CCCNC(=O)c1ccn(COc2cccc(Cl)c2)n1. The van der Waals surface area contributed by atoms with Crippen LogP contribution in [0.15, 0.2) is 48.8 Å². The number of nitrogens with one attached hydrogen (secondary N) is 1. The van der Waals surface area contributed by atoms with Gasteiger partial charge in [-0.25, -0.2) is 4.68 Å². The summed E-state index contributed by atoms with van der Waals surface area (Å²) >= 11 is 5.91. The van der Waals surface area contributed by atoms with Gasteiger partial charge in [-0.2, -0.15) is 10.2 Å². The highest BCUT2D eigenvalue weighted by Gasteiger charge is 2.09. The quantitative estimate of drug-likeness (QED) is 0.616. The van der Waals surface area contributed by atoms with Crippen LogP contribution >= 0.6 is 11.6 Å². The van der Waals surface area contributed by atoms with E-state index in [4.69, 9.17) is 16.3 Å². The zero-order valence-corrected chi connectivity index (χ0v) is 15.2. The molecule has 1 N–H and O–H groups in total. The Morgan fingerprint density at radius 2 is 2.19 bits per heavy atom. The lowest BCUT2D eigenvalue weighted by Crippen LogP contribution is -2.26. The molecule has 0 radical (unpaired) electrons. The Hall–Kier alpha value is -2.80. The van der Waals surface area contributed by atoms with Crippen LogP contribution in [-0.2, 0) is 13.3 Å². The number of aryl methyl sites for hydroxylation is 2. The summed E-state index contributed by atoms with van der Waals surface area (Å²) in [5.41, 5.74) is 1.46. The molecule has 7 nitrogen and oxygen atoms in total. The number of hydrogen-bond acceptors (Lipinski definition) is 4. The van der Waals surface area contributed by atoms with Crippen molar-refractivity contribution >= 4 is 17.5 Å². The number of amides is 1. The summed E-state index contributed by atoms with van der Waals surface area (Å²) in [4.78, 5) is 12.1. The van der Waals surface area contributed by atoms with Crippen molar-refractivity contribution in [3.05, 3.63) is 65.2 Å². The molecule has 0 fully saturated rings. The number of nitrogens with zero attached hydrogens (tertiary/aromatic N) is 4. The maximum atomic E-state index is 12.1. The second-order valence-electron chi connectivity index (χ2n) is 5.78. The minimum absolute atomic E-state index is 0.201. The molecule has 8 heteroatoms. The lowest BCUT2D eigenvalue weighted by atomic mass is 10.3. The first kappa shape index (κ1) is 18.0. The van der Waals surface area contributed by atoms with Crippen LogP contribution in [0.25, 0.3) is 0 Å². The molecular weight excluding hydrogens is 354 g/mol. The molecule has 1 amide bonds. The summed E-state index contributed by atoms with van der Waals surface area (Å²) in [6.07, 6.45) is 4.27. The van der Waals surface area contributed by atoms with E-state index in [9.17, 15) is 4.79 Å². The fourth-order valence-electron chi connectivity index (χ4n) is 2.41. The van der Waals surface area contributed by atoms with Crippen molar-refractivity contribution in [2.24, 2.45) is 0 Å². The van der Waals surface area contributed by atoms with E-state index >= 15 is 0 Å². The first-order valence-corrected chi connectivity index (χ1v) is 8.68. The largest absolute Gasteiger partial charge is 0.471 e. The van der Waals surface area contributed by atoms with Crippen LogP contribution in [0.4, 0.5) is 0 Å². The van der Waals surface area contributed by atoms with Gasteiger partial charge in [0.2, 0.25) is 0 Å². The molecule has 0 saturated carbocycles. The molecule has 0 bridgehead atoms. The molecule has 0 spiro atoms. The Morgan fingerprint density at radius 3 is 2.96 bits per heavy atom. The molecule has 2 aromatic heterocycles. The maximum absolute atomic E-state index is 12.1. The second kappa shape index (κ2) is 8.53. The van der Waals surface area contributed by atoms with E-state index in [1.54, 1.807) is 35.3 Å². The normalized spacial score (nSPS) is 10.7. The van der Waals surface area contributed by atoms with Crippen molar-refractivity contribution in [3.8, 4) is 5.75 Å². The van der Waals surface area contributed by atoms with E-state index < -0.39 is 0 Å². The zero-order valence-electron chi connectivity index (χ0n) is 14.4. The summed E-state index contributed by atoms with van der Waals surface area (Å²) in [6.45, 7) is 3.53. The van der Waals surface area contributed by atoms with Crippen LogP contribution in [0.1, 0.15) is 22.6 Å². The average molecular weight is 374 g/mol. The Kier molecular flexibility index (Phi) is 5.91. The van der Waals surface area contributed by atoms with E-state index in [1.165, 1.54) is 0 Å². The summed E-state index contributed by atoms with van der Waals surface area (Å²) in [5, 5.41) is 11.9. The summed E-state index contributed by atoms with van der Waals surface area (Å²) < 4.78 is 9.06. The average Bonchev–Trinajstić information content (AvgIpc) is 3.26. The van der Waals surface area contributed by atoms with E-state index in [1.807, 2.05) is 29.8 Å². The van der Waals surface area contributed by atoms with Crippen LogP contribution in [0.2, 0.25) is 5.02 Å². The van der Waals surface area contributed by atoms with Gasteiger partial charge in [-0.05, 0) is 43.7 Å². The summed E-state index contributed by atoms with van der Waals surface area (Å²) in [7, 11) is 0. The third-order valence-electron chi connectivity index (χ3n) is 3.79. The Balaban J connectivity index is 1.43. The van der Waals surface area contributed by atoms with Gasteiger partial charge in [-0.15, -0.1) is 0 Å². The van der Waals surface area contributed by atoms with Gasteiger partial charge < -0.3 is 10.1 Å². The van der Waals surface area contributed by atoms with E-state index in [0.29, 0.717) is 23.0 Å². The fourth-order valence-corrected chi connectivity index (χ4v) is 2.59. The minimum Gasteiger partial charge on any atom is -0.471 e. The molecule has 0 atom stereocenters.